The van der Waals surface area contributed by atoms with Gasteiger partial charge in [0.25, 0.3) is 0 Å². The van der Waals surface area contributed by atoms with Gasteiger partial charge in [0.2, 0.25) is 0 Å². The van der Waals surface area contributed by atoms with Crippen molar-refractivity contribution in [3.8, 4) is 0 Å². The first-order valence-corrected chi connectivity index (χ1v) is 5.45. The average molecular weight is 246 g/mol. The molecule has 0 saturated carbocycles. The predicted molar refractivity (Wildman–Crippen MR) is 57.4 cm³/mol. The molecule has 0 spiro atoms. The molecule has 2 unspecified atom stereocenters. The van der Waals surface area contributed by atoms with E-state index in [0.29, 0.717) is 5.92 Å². The fourth-order valence-electron chi connectivity index (χ4n) is 1.42. The molecule has 0 aliphatic heterocycles. The maximum absolute atomic E-state index is 6.02. The van der Waals surface area contributed by atoms with Crippen molar-refractivity contribution in [3.05, 3.63) is 22.6 Å². The summed E-state index contributed by atoms with van der Waals surface area (Å²) in [5, 5.41) is 0. The molecule has 0 aliphatic rings. The zero-order chi connectivity index (χ0) is 9.84. The summed E-state index contributed by atoms with van der Waals surface area (Å²) in [6.07, 6.45) is 2.30. The van der Waals surface area contributed by atoms with E-state index in [1.54, 1.807) is 0 Å². The molecule has 0 amide bonds. The third-order valence-corrected chi connectivity index (χ3v) is 2.71. The fourth-order valence-corrected chi connectivity index (χ4v) is 1.74. The molecule has 0 aliphatic carbocycles. The summed E-state index contributed by atoms with van der Waals surface area (Å²) in [5.74, 6) is 1.34. The molecule has 0 fully saturated rings. The third-order valence-electron chi connectivity index (χ3n) is 2.28. The van der Waals surface area contributed by atoms with Crippen LogP contribution in [0.3, 0.4) is 0 Å². The van der Waals surface area contributed by atoms with Crippen molar-refractivity contribution in [2.45, 2.75) is 32.7 Å². The Kier molecular flexibility index (Phi) is 4.00. The van der Waals surface area contributed by atoms with Gasteiger partial charge in [-0.3, -0.25) is 0 Å². The van der Waals surface area contributed by atoms with Crippen molar-refractivity contribution in [1.29, 1.82) is 0 Å². The van der Waals surface area contributed by atoms with Crippen molar-refractivity contribution in [3.63, 3.8) is 0 Å². The van der Waals surface area contributed by atoms with Crippen LogP contribution in [0, 0.1) is 5.92 Å². The van der Waals surface area contributed by atoms with Gasteiger partial charge >= 0.3 is 0 Å². The number of hydrogen-bond acceptors (Lipinski definition) is 2. The Balaban J connectivity index is 2.61. The summed E-state index contributed by atoms with van der Waals surface area (Å²) in [5.41, 5.74) is 6.02. The second-order valence-corrected chi connectivity index (χ2v) is 4.22. The average Bonchev–Trinajstić information content (AvgIpc) is 2.51. The summed E-state index contributed by atoms with van der Waals surface area (Å²) in [6.45, 7) is 4.33. The molecular weight excluding hydrogens is 230 g/mol. The van der Waals surface area contributed by atoms with Gasteiger partial charge in [0.05, 0.1) is 6.04 Å². The monoisotopic (exact) mass is 245 g/mol. The highest BCUT2D eigenvalue weighted by molar-refractivity contribution is 9.10. The Morgan fingerprint density at radius 2 is 2.23 bits per heavy atom. The Labute approximate surface area is 87.6 Å². The first-order chi connectivity index (χ1) is 6.15. The molecule has 1 aromatic heterocycles. The Hall–Kier alpha value is -0.280. The van der Waals surface area contributed by atoms with Crippen LogP contribution >= 0.6 is 15.9 Å². The van der Waals surface area contributed by atoms with Gasteiger partial charge in [-0.15, -0.1) is 0 Å². The fraction of sp³-hybridized carbons (Fsp3) is 0.600. The summed E-state index contributed by atoms with van der Waals surface area (Å²) >= 11 is 3.27. The lowest BCUT2D eigenvalue weighted by Gasteiger charge is -2.16. The molecule has 0 radical (unpaired) electrons. The molecule has 2 nitrogen and oxygen atoms in total. The molecular formula is C10H16BrNO. The second kappa shape index (κ2) is 4.82. The van der Waals surface area contributed by atoms with E-state index in [4.69, 9.17) is 10.2 Å². The molecule has 0 bridgehead atoms. The molecule has 1 aromatic rings. The lowest BCUT2D eigenvalue weighted by Crippen LogP contribution is -2.18. The highest BCUT2D eigenvalue weighted by atomic mass is 79.9. The number of nitrogens with two attached hydrogens (primary N) is 1. The SMILES string of the molecule is CCCC(C)C(N)c1ccc(Br)o1. The van der Waals surface area contributed by atoms with Gasteiger partial charge in [0, 0.05) is 0 Å². The van der Waals surface area contributed by atoms with Crippen LogP contribution < -0.4 is 5.73 Å². The van der Waals surface area contributed by atoms with Crippen LogP contribution in [0.1, 0.15) is 38.5 Å². The first kappa shape index (κ1) is 10.8. The highest BCUT2D eigenvalue weighted by Gasteiger charge is 2.16. The highest BCUT2D eigenvalue weighted by Crippen LogP contribution is 2.26. The number of hydrogen-bond donors (Lipinski definition) is 1. The van der Waals surface area contributed by atoms with E-state index in [0.717, 1.165) is 23.3 Å². The van der Waals surface area contributed by atoms with Crippen LogP contribution in [0.4, 0.5) is 0 Å². The minimum Gasteiger partial charge on any atom is -0.453 e. The summed E-state index contributed by atoms with van der Waals surface area (Å²) in [6, 6.07) is 3.83. The van der Waals surface area contributed by atoms with Crippen molar-refractivity contribution in [2.24, 2.45) is 11.7 Å². The minimum absolute atomic E-state index is 0.0197. The molecule has 1 heterocycles. The van der Waals surface area contributed by atoms with E-state index in [1.165, 1.54) is 0 Å². The zero-order valence-corrected chi connectivity index (χ0v) is 9.67. The van der Waals surface area contributed by atoms with Crippen LogP contribution in [-0.2, 0) is 0 Å². The van der Waals surface area contributed by atoms with E-state index in [1.807, 2.05) is 12.1 Å². The lowest BCUT2D eigenvalue weighted by atomic mass is 9.96. The van der Waals surface area contributed by atoms with Crippen molar-refractivity contribution >= 4 is 15.9 Å². The van der Waals surface area contributed by atoms with Gasteiger partial charge in [-0.1, -0.05) is 20.3 Å². The van der Waals surface area contributed by atoms with Crippen molar-refractivity contribution in [2.75, 3.05) is 0 Å². The van der Waals surface area contributed by atoms with Gasteiger partial charge in [0.15, 0.2) is 4.67 Å². The molecule has 0 saturated heterocycles. The third kappa shape index (κ3) is 2.85. The van der Waals surface area contributed by atoms with E-state index < -0.39 is 0 Å². The Morgan fingerprint density at radius 3 is 2.69 bits per heavy atom. The molecule has 1 rings (SSSR count). The van der Waals surface area contributed by atoms with Crippen LogP contribution in [0.2, 0.25) is 0 Å². The van der Waals surface area contributed by atoms with Crippen LogP contribution in [0.5, 0.6) is 0 Å². The van der Waals surface area contributed by atoms with E-state index in [9.17, 15) is 0 Å². The normalized spacial score (nSPS) is 15.7. The smallest absolute Gasteiger partial charge is 0.169 e. The minimum atomic E-state index is 0.0197. The molecule has 2 atom stereocenters. The number of rotatable bonds is 4. The molecule has 2 N–H and O–H groups in total. The standard InChI is InChI=1S/C10H16BrNO/c1-3-4-7(2)10(12)8-5-6-9(11)13-8/h5-7,10H,3-4,12H2,1-2H3. The summed E-state index contributed by atoms with van der Waals surface area (Å²) in [7, 11) is 0. The maximum atomic E-state index is 6.02. The van der Waals surface area contributed by atoms with Gasteiger partial charge in [-0.05, 0) is 40.4 Å². The van der Waals surface area contributed by atoms with Crippen LogP contribution in [0.25, 0.3) is 0 Å². The topological polar surface area (TPSA) is 39.2 Å². The van der Waals surface area contributed by atoms with E-state index in [-0.39, 0.29) is 6.04 Å². The lowest BCUT2D eigenvalue weighted by molar-refractivity contribution is 0.359. The molecule has 3 heteroatoms. The van der Waals surface area contributed by atoms with Gasteiger partial charge < -0.3 is 10.2 Å². The molecule has 74 valence electrons. The Bertz CT molecular complexity index is 259. The maximum Gasteiger partial charge on any atom is 0.169 e. The summed E-state index contributed by atoms with van der Waals surface area (Å²) < 4.78 is 6.16. The zero-order valence-electron chi connectivity index (χ0n) is 8.09. The molecule has 13 heavy (non-hydrogen) atoms. The van der Waals surface area contributed by atoms with Crippen molar-refractivity contribution < 1.29 is 4.42 Å². The van der Waals surface area contributed by atoms with Gasteiger partial charge in [-0.25, -0.2) is 0 Å². The quantitative estimate of drug-likeness (QED) is 0.883. The largest absolute Gasteiger partial charge is 0.453 e. The summed E-state index contributed by atoms with van der Waals surface area (Å²) in [4.78, 5) is 0. The van der Waals surface area contributed by atoms with E-state index >= 15 is 0 Å². The second-order valence-electron chi connectivity index (χ2n) is 3.43. The van der Waals surface area contributed by atoms with Crippen LogP contribution in [-0.4, -0.2) is 0 Å². The van der Waals surface area contributed by atoms with E-state index in [2.05, 4.69) is 29.8 Å². The molecule has 0 aromatic carbocycles. The Morgan fingerprint density at radius 1 is 1.54 bits per heavy atom. The van der Waals surface area contributed by atoms with Gasteiger partial charge in [-0.2, -0.15) is 0 Å². The number of furan rings is 1. The van der Waals surface area contributed by atoms with Crippen molar-refractivity contribution in [1.82, 2.24) is 0 Å². The van der Waals surface area contributed by atoms with Gasteiger partial charge in [0.1, 0.15) is 5.76 Å². The first-order valence-electron chi connectivity index (χ1n) is 4.66. The van der Waals surface area contributed by atoms with Crippen LogP contribution in [0.15, 0.2) is 21.2 Å². The number of halogens is 1. The predicted octanol–water partition coefficient (Wildman–Crippen LogP) is 3.48.